The van der Waals surface area contributed by atoms with Gasteiger partial charge in [-0.1, -0.05) is 0 Å². The predicted octanol–water partition coefficient (Wildman–Crippen LogP) is -0.0988. The highest BCUT2D eigenvalue weighted by molar-refractivity contribution is 5.40. The van der Waals surface area contributed by atoms with Crippen molar-refractivity contribution < 1.29 is 4.74 Å². The maximum Gasteiger partial charge on any atom is 0.151 e. The topological polar surface area (TPSA) is 50.3 Å². The minimum absolute atomic E-state index is 0.0302. The van der Waals surface area contributed by atoms with Crippen LogP contribution in [0, 0.1) is 5.92 Å². The molecule has 2 saturated heterocycles. The Bertz CT molecular complexity index is 372. The van der Waals surface area contributed by atoms with Gasteiger partial charge in [0.15, 0.2) is 5.82 Å². The van der Waals surface area contributed by atoms with Crippen molar-refractivity contribution in [3.63, 3.8) is 0 Å². The van der Waals surface area contributed by atoms with Crippen LogP contribution >= 0.6 is 0 Å². The van der Waals surface area contributed by atoms with Gasteiger partial charge < -0.3 is 15.0 Å². The van der Waals surface area contributed by atoms with Crippen LogP contribution in [0.25, 0.3) is 0 Å². The number of hydrogen-bond acceptors (Lipinski definition) is 5. The molecule has 3 rings (SSSR count). The summed E-state index contributed by atoms with van der Waals surface area (Å²) in [6.07, 6.45) is 1.70. The molecule has 16 heavy (non-hydrogen) atoms. The molecular weight excluding hydrogens is 204 g/mol. The zero-order valence-corrected chi connectivity index (χ0v) is 9.39. The van der Waals surface area contributed by atoms with Crippen molar-refractivity contribution in [3.8, 4) is 0 Å². The van der Waals surface area contributed by atoms with Gasteiger partial charge in [-0.15, -0.1) is 5.10 Å². The average molecular weight is 220 g/mol. The normalized spacial score (nSPS) is 33.1. The van der Waals surface area contributed by atoms with E-state index in [0.717, 1.165) is 32.0 Å². The van der Waals surface area contributed by atoms with Crippen molar-refractivity contribution in [2.75, 3.05) is 38.2 Å². The van der Waals surface area contributed by atoms with Crippen LogP contribution in [0.1, 0.15) is 0 Å². The van der Waals surface area contributed by atoms with Crippen molar-refractivity contribution in [2.24, 2.45) is 5.92 Å². The summed E-state index contributed by atoms with van der Waals surface area (Å²) in [6.45, 7) is 3.87. The molecule has 1 N–H and O–H groups in total. The van der Waals surface area contributed by atoms with Gasteiger partial charge in [0.25, 0.3) is 0 Å². The first-order valence-corrected chi connectivity index (χ1v) is 5.62. The Labute approximate surface area is 94.8 Å². The quantitative estimate of drug-likeness (QED) is 0.754. The maximum absolute atomic E-state index is 5.72. The molecule has 5 heteroatoms. The summed E-state index contributed by atoms with van der Waals surface area (Å²) < 4.78 is 5.72. The fourth-order valence-electron chi connectivity index (χ4n) is 2.80. The summed E-state index contributed by atoms with van der Waals surface area (Å²) in [5.74, 6) is 1.51. The fraction of sp³-hybridized carbons (Fsp3) is 0.636. The van der Waals surface area contributed by atoms with Gasteiger partial charge in [0.1, 0.15) is 5.60 Å². The number of methoxy groups -OCH3 is 1. The second-order valence-corrected chi connectivity index (χ2v) is 4.56. The molecule has 0 amide bonds. The number of nitrogens with zero attached hydrogens (tertiary/aromatic N) is 3. The molecule has 3 heterocycles. The van der Waals surface area contributed by atoms with E-state index in [1.165, 1.54) is 0 Å². The minimum atomic E-state index is -0.0302. The largest absolute Gasteiger partial charge is 0.375 e. The Balaban J connectivity index is 1.83. The smallest absolute Gasteiger partial charge is 0.151 e. The van der Waals surface area contributed by atoms with E-state index in [4.69, 9.17) is 4.74 Å². The van der Waals surface area contributed by atoms with Crippen molar-refractivity contribution in [3.05, 3.63) is 18.3 Å². The van der Waals surface area contributed by atoms with E-state index in [9.17, 15) is 0 Å². The molecule has 86 valence electrons. The second kappa shape index (κ2) is 3.68. The van der Waals surface area contributed by atoms with E-state index in [2.05, 4.69) is 20.4 Å². The van der Waals surface area contributed by atoms with Gasteiger partial charge in [-0.2, -0.15) is 5.10 Å². The van der Waals surface area contributed by atoms with E-state index in [-0.39, 0.29) is 5.60 Å². The zero-order chi connectivity index (χ0) is 11.0. The monoisotopic (exact) mass is 220 g/mol. The number of aromatic nitrogens is 2. The third-order valence-electron chi connectivity index (χ3n) is 3.75. The third kappa shape index (κ3) is 1.39. The molecule has 2 atom stereocenters. The van der Waals surface area contributed by atoms with Crippen LogP contribution in [0.3, 0.4) is 0 Å². The molecule has 0 saturated carbocycles. The van der Waals surface area contributed by atoms with Gasteiger partial charge in [-0.05, 0) is 12.1 Å². The molecule has 0 spiro atoms. The number of anilines is 1. The van der Waals surface area contributed by atoms with Crippen molar-refractivity contribution in [2.45, 2.75) is 5.60 Å². The Morgan fingerprint density at radius 3 is 3.25 bits per heavy atom. The Morgan fingerprint density at radius 1 is 1.62 bits per heavy atom. The number of rotatable bonds is 2. The summed E-state index contributed by atoms with van der Waals surface area (Å²) in [4.78, 5) is 2.27. The Morgan fingerprint density at radius 2 is 2.56 bits per heavy atom. The first-order valence-electron chi connectivity index (χ1n) is 5.62. The van der Waals surface area contributed by atoms with Crippen LogP contribution in [0.15, 0.2) is 18.3 Å². The standard InChI is InChI=1S/C11H16N4O/c1-16-11-7-12-5-9(11)6-15(8-11)10-3-2-4-13-14-10/h2-4,9,12H,5-8H2,1H3. The van der Waals surface area contributed by atoms with Crippen LogP contribution in [0.5, 0.6) is 0 Å². The maximum atomic E-state index is 5.72. The van der Waals surface area contributed by atoms with Crippen LogP contribution in [0.2, 0.25) is 0 Å². The average Bonchev–Trinajstić information content (AvgIpc) is 2.86. The minimum Gasteiger partial charge on any atom is -0.375 e. The molecule has 5 nitrogen and oxygen atoms in total. The van der Waals surface area contributed by atoms with E-state index < -0.39 is 0 Å². The predicted molar refractivity (Wildman–Crippen MR) is 60.3 cm³/mol. The van der Waals surface area contributed by atoms with Gasteiger partial charge in [-0.25, -0.2) is 0 Å². The summed E-state index contributed by atoms with van der Waals surface area (Å²) in [5, 5.41) is 11.5. The molecule has 1 aromatic heterocycles. The summed E-state index contributed by atoms with van der Waals surface area (Å²) in [7, 11) is 1.81. The van der Waals surface area contributed by atoms with E-state index in [1.54, 1.807) is 13.3 Å². The summed E-state index contributed by atoms with van der Waals surface area (Å²) >= 11 is 0. The summed E-state index contributed by atoms with van der Waals surface area (Å²) in [6, 6.07) is 3.93. The van der Waals surface area contributed by atoms with Gasteiger partial charge in [0.05, 0.1) is 6.54 Å². The SMILES string of the molecule is COC12CNCC1CN(c1cccnn1)C2. The lowest BCUT2D eigenvalue weighted by Crippen LogP contribution is -2.41. The van der Waals surface area contributed by atoms with Crippen molar-refractivity contribution >= 4 is 5.82 Å². The molecule has 2 fully saturated rings. The highest BCUT2D eigenvalue weighted by atomic mass is 16.5. The number of ether oxygens (including phenoxy) is 1. The molecule has 2 unspecified atom stereocenters. The molecule has 0 aromatic carbocycles. The van der Waals surface area contributed by atoms with Crippen molar-refractivity contribution in [1.29, 1.82) is 0 Å². The van der Waals surface area contributed by atoms with Gasteiger partial charge >= 0.3 is 0 Å². The highest BCUT2D eigenvalue weighted by Crippen LogP contribution is 2.35. The zero-order valence-electron chi connectivity index (χ0n) is 9.39. The first kappa shape index (κ1) is 9.99. The lowest BCUT2D eigenvalue weighted by Gasteiger charge is -2.26. The van der Waals surface area contributed by atoms with E-state index >= 15 is 0 Å². The lowest BCUT2D eigenvalue weighted by molar-refractivity contribution is 0.00151. The van der Waals surface area contributed by atoms with E-state index in [0.29, 0.717) is 5.92 Å². The molecule has 1 aromatic rings. The number of nitrogens with one attached hydrogen (secondary N) is 1. The van der Waals surface area contributed by atoms with Crippen molar-refractivity contribution in [1.82, 2.24) is 15.5 Å². The third-order valence-corrected chi connectivity index (χ3v) is 3.75. The van der Waals surface area contributed by atoms with E-state index in [1.807, 2.05) is 12.1 Å². The van der Waals surface area contributed by atoms with Crippen LogP contribution in [0.4, 0.5) is 5.82 Å². The number of fused-ring (bicyclic) bond motifs is 1. The molecule has 0 radical (unpaired) electrons. The highest BCUT2D eigenvalue weighted by Gasteiger charge is 2.50. The number of hydrogen-bond donors (Lipinski definition) is 1. The molecule has 0 bridgehead atoms. The summed E-state index contributed by atoms with van der Waals surface area (Å²) in [5.41, 5.74) is -0.0302. The van der Waals surface area contributed by atoms with Gasteiger partial charge in [0.2, 0.25) is 0 Å². The second-order valence-electron chi connectivity index (χ2n) is 4.56. The Hall–Kier alpha value is -1.20. The lowest BCUT2D eigenvalue weighted by atomic mass is 9.95. The molecule has 2 aliphatic rings. The van der Waals surface area contributed by atoms with Gasteiger partial charge in [-0.3, -0.25) is 0 Å². The van der Waals surface area contributed by atoms with Crippen LogP contribution < -0.4 is 10.2 Å². The fourth-order valence-corrected chi connectivity index (χ4v) is 2.80. The first-order chi connectivity index (χ1) is 7.84. The van der Waals surface area contributed by atoms with Gasteiger partial charge in [0, 0.05) is 38.9 Å². The molecule has 2 aliphatic heterocycles. The molecule has 0 aliphatic carbocycles. The molecular formula is C11H16N4O. The Kier molecular flexibility index (Phi) is 2.29. The van der Waals surface area contributed by atoms with Crippen LogP contribution in [-0.4, -0.2) is 49.1 Å². The van der Waals surface area contributed by atoms with Crippen LogP contribution in [-0.2, 0) is 4.74 Å².